The Kier molecular flexibility index (Phi) is 14.2. The number of hydrogen-bond donors (Lipinski definition) is 3. The topological polar surface area (TPSA) is 69.1 Å². The van der Waals surface area contributed by atoms with E-state index in [4.69, 9.17) is 9.73 Å². The molecule has 1 saturated heterocycles. The quantitative estimate of drug-likeness (QED) is 0.230. The first-order valence-corrected chi connectivity index (χ1v) is 10.9. The molecule has 0 radical (unpaired) electrons. The number of hydrogen-bond acceptors (Lipinski definition) is 4. The lowest BCUT2D eigenvalue weighted by atomic mass is 10.0. The number of nitrogens with one attached hydrogen (secondary N) is 2. The molecule has 0 aliphatic carbocycles. The van der Waals surface area contributed by atoms with Gasteiger partial charge in [-0.3, -0.25) is 9.89 Å². The number of nitrogens with zero attached hydrogens (tertiary/aromatic N) is 2. The highest BCUT2D eigenvalue weighted by atomic mass is 127. The smallest absolute Gasteiger partial charge is 0.191 e. The molecular formula is C22H38FIN4O2. The average molecular weight is 536 g/mol. The maximum atomic E-state index is 13.4. The third kappa shape index (κ3) is 9.45. The molecule has 3 N–H and O–H groups in total. The van der Waals surface area contributed by atoms with Gasteiger partial charge in [0.25, 0.3) is 0 Å². The summed E-state index contributed by atoms with van der Waals surface area (Å²) in [7, 11) is 0. The minimum absolute atomic E-state index is 0. The second-order valence-corrected chi connectivity index (χ2v) is 7.48. The summed E-state index contributed by atoms with van der Waals surface area (Å²) < 4.78 is 18.9. The fourth-order valence-electron chi connectivity index (χ4n) is 3.71. The minimum Gasteiger partial charge on any atom is -0.396 e. The number of guanidine groups is 1. The molecule has 1 aliphatic rings. The van der Waals surface area contributed by atoms with E-state index in [1.54, 1.807) is 0 Å². The first-order chi connectivity index (χ1) is 14.2. The van der Waals surface area contributed by atoms with Gasteiger partial charge in [0, 0.05) is 39.3 Å². The van der Waals surface area contributed by atoms with Crippen molar-refractivity contribution < 1.29 is 14.2 Å². The van der Waals surface area contributed by atoms with Crippen LogP contribution in [-0.2, 0) is 4.74 Å². The van der Waals surface area contributed by atoms with Crippen molar-refractivity contribution in [3.8, 4) is 0 Å². The van der Waals surface area contributed by atoms with Gasteiger partial charge in [0.2, 0.25) is 0 Å². The van der Waals surface area contributed by atoms with E-state index in [9.17, 15) is 9.50 Å². The van der Waals surface area contributed by atoms with Crippen molar-refractivity contribution in [1.82, 2.24) is 15.5 Å². The summed E-state index contributed by atoms with van der Waals surface area (Å²) >= 11 is 0. The van der Waals surface area contributed by atoms with Crippen LogP contribution in [-0.4, -0.2) is 68.5 Å². The molecule has 1 aromatic rings. The van der Waals surface area contributed by atoms with Gasteiger partial charge in [-0.05, 0) is 43.4 Å². The zero-order valence-corrected chi connectivity index (χ0v) is 20.6. The predicted molar refractivity (Wildman–Crippen MR) is 131 cm³/mol. The van der Waals surface area contributed by atoms with Gasteiger partial charge in [0.1, 0.15) is 5.82 Å². The molecule has 0 amide bonds. The number of ether oxygens (including phenoxy) is 1. The number of aliphatic imine (C=N–C) groups is 1. The van der Waals surface area contributed by atoms with Gasteiger partial charge in [-0.1, -0.05) is 25.5 Å². The van der Waals surface area contributed by atoms with Crippen molar-refractivity contribution in [2.45, 2.75) is 39.2 Å². The Hall–Kier alpha value is -0.970. The van der Waals surface area contributed by atoms with Gasteiger partial charge < -0.3 is 20.5 Å². The molecule has 1 fully saturated rings. The molecule has 0 aromatic heterocycles. The van der Waals surface area contributed by atoms with E-state index in [0.29, 0.717) is 32.2 Å². The number of halogens is 2. The maximum absolute atomic E-state index is 13.4. The largest absolute Gasteiger partial charge is 0.396 e. The van der Waals surface area contributed by atoms with E-state index < -0.39 is 0 Å². The van der Waals surface area contributed by atoms with E-state index in [0.717, 1.165) is 50.4 Å². The van der Waals surface area contributed by atoms with Crippen LogP contribution in [0.15, 0.2) is 29.3 Å². The van der Waals surface area contributed by atoms with Crippen LogP contribution in [0.25, 0.3) is 0 Å². The highest BCUT2D eigenvalue weighted by Crippen LogP contribution is 2.21. The summed E-state index contributed by atoms with van der Waals surface area (Å²) in [6, 6.07) is 6.88. The van der Waals surface area contributed by atoms with Crippen molar-refractivity contribution in [3.63, 3.8) is 0 Å². The number of benzene rings is 1. The summed E-state index contributed by atoms with van der Waals surface area (Å²) in [6.45, 7) is 9.70. The minimum atomic E-state index is -0.219. The molecule has 1 aromatic carbocycles. The summed E-state index contributed by atoms with van der Waals surface area (Å²) in [5, 5.41) is 16.1. The van der Waals surface area contributed by atoms with Crippen molar-refractivity contribution in [1.29, 1.82) is 0 Å². The molecule has 172 valence electrons. The molecular weight excluding hydrogens is 498 g/mol. The third-order valence-electron chi connectivity index (χ3n) is 5.29. The Morgan fingerprint density at radius 2 is 1.87 bits per heavy atom. The lowest BCUT2D eigenvalue weighted by Crippen LogP contribution is -2.46. The first-order valence-electron chi connectivity index (χ1n) is 10.9. The average Bonchev–Trinajstić information content (AvgIpc) is 2.74. The molecule has 8 heteroatoms. The Morgan fingerprint density at radius 3 is 2.47 bits per heavy atom. The van der Waals surface area contributed by atoms with Gasteiger partial charge in [-0.15, -0.1) is 24.0 Å². The highest BCUT2D eigenvalue weighted by Gasteiger charge is 2.23. The Bertz CT molecular complexity index is 591. The maximum Gasteiger partial charge on any atom is 0.191 e. The summed E-state index contributed by atoms with van der Waals surface area (Å²) in [5.41, 5.74) is 1.08. The number of aliphatic hydroxyl groups is 1. The lowest BCUT2D eigenvalue weighted by Gasteiger charge is -2.35. The van der Waals surface area contributed by atoms with Crippen LogP contribution in [0.4, 0.5) is 4.39 Å². The molecule has 0 spiro atoms. The fourth-order valence-corrected chi connectivity index (χ4v) is 3.71. The summed E-state index contributed by atoms with van der Waals surface area (Å²) in [4.78, 5) is 7.13. The Labute approximate surface area is 197 Å². The van der Waals surface area contributed by atoms with E-state index in [-0.39, 0.29) is 42.4 Å². The number of aliphatic hydroxyl groups excluding tert-OH is 1. The molecule has 30 heavy (non-hydrogen) atoms. The Morgan fingerprint density at radius 1 is 1.17 bits per heavy atom. The SMILES string of the molecule is CCCC(CCO)CN=C(NCC)NCC(c1ccc(F)cc1)N1CCOCC1.I. The van der Waals surface area contributed by atoms with Gasteiger partial charge in [0.05, 0.1) is 19.3 Å². The molecule has 0 saturated carbocycles. The van der Waals surface area contributed by atoms with Gasteiger partial charge >= 0.3 is 0 Å². The summed E-state index contributed by atoms with van der Waals surface area (Å²) in [6.07, 6.45) is 2.94. The first kappa shape index (κ1) is 27.1. The van der Waals surface area contributed by atoms with Crippen molar-refractivity contribution >= 4 is 29.9 Å². The van der Waals surface area contributed by atoms with Gasteiger partial charge in [-0.25, -0.2) is 4.39 Å². The van der Waals surface area contributed by atoms with Gasteiger partial charge in [0.15, 0.2) is 5.96 Å². The zero-order chi connectivity index (χ0) is 20.9. The third-order valence-corrected chi connectivity index (χ3v) is 5.29. The van der Waals surface area contributed by atoms with E-state index >= 15 is 0 Å². The van der Waals surface area contributed by atoms with Crippen LogP contribution in [0, 0.1) is 11.7 Å². The molecule has 0 bridgehead atoms. The second-order valence-electron chi connectivity index (χ2n) is 7.48. The van der Waals surface area contributed by atoms with Gasteiger partial charge in [-0.2, -0.15) is 0 Å². The van der Waals surface area contributed by atoms with Crippen LogP contribution >= 0.6 is 24.0 Å². The lowest BCUT2D eigenvalue weighted by molar-refractivity contribution is 0.0170. The second kappa shape index (κ2) is 15.8. The van der Waals surface area contributed by atoms with Crippen LogP contribution in [0.3, 0.4) is 0 Å². The fraction of sp³-hybridized carbons (Fsp3) is 0.682. The molecule has 1 heterocycles. The molecule has 1 aliphatic heterocycles. The molecule has 6 nitrogen and oxygen atoms in total. The van der Waals surface area contributed by atoms with E-state index in [2.05, 4.69) is 22.5 Å². The van der Waals surface area contributed by atoms with E-state index in [1.807, 2.05) is 19.1 Å². The van der Waals surface area contributed by atoms with Crippen LogP contribution in [0.1, 0.15) is 44.7 Å². The number of morpholine rings is 1. The van der Waals surface area contributed by atoms with Crippen molar-refractivity contribution in [2.75, 3.05) is 52.5 Å². The normalized spacial score (nSPS) is 17.1. The van der Waals surface area contributed by atoms with Crippen LogP contribution < -0.4 is 10.6 Å². The summed E-state index contributed by atoms with van der Waals surface area (Å²) in [5.74, 6) is 0.961. The number of rotatable bonds is 11. The van der Waals surface area contributed by atoms with E-state index in [1.165, 1.54) is 12.1 Å². The molecule has 2 atom stereocenters. The highest BCUT2D eigenvalue weighted by molar-refractivity contribution is 14.0. The predicted octanol–water partition coefficient (Wildman–Crippen LogP) is 3.17. The molecule has 2 rings (SSSR count). The molecule has 2 unspecified atom stereocenters. The zero-order valence-electron chi connectivity index (χ0n) is 18.3. The monoisotopic (exact) mass is 536 g/mol. The van der Waals surface area contributed by atoms with Crippen molar-refractivity contribution in [3.05, 3.63) is 35.6 Å². The Balaban J connectivity index is 0.00000450. The standard InChI is InChI=1S/C22H37FN4O2.HI/c1-3-5-18(10-13-28)16-25-22(24-4-2)26-17-21(27-11-14-29-15-12-27)19-6-8-20(23)9-7-19;/h6-9,18,21,28H,3-5,10-17H2,1-2H3,(H2,24,25,26);1H. The van der Waals surface area contributed by atoms with Crippen molar-refractivity contribution in [2.24, 2.45) is 10.9 Å². The van der Waals surface area contributed by atoms with Crippen LogP contribution in [0.5, 0.6) is 0 Å². The van der Waals surface area contributed by atoms with Crippen LogP contribution in [0.2, 0.25) is 0 Å².